The molecule has 9 heteroatoms. The minimum atomic E-state index is -3.95. The number of hydrogen-bond donors (Lipinski definition) is 0. The molecule has 2 aromatic rings. The number of benzene rings is 2. The Bertz CT molecular complexity index is 943. The third-order valence-electron chi connectivity index (χ3n) is 4.83. The summed E-state index contributed by atoms with van der Waals surface area (Å²) in [5, 5.41) is 11.2. The van der Waals surface area contributed by atoms with E-state index in [2.05, 4.69) is 4.90 Å². The van der Waals surface area contributed by atoms with Crippen LogP contribution in [0, 0.1) is 15.9 Å². The molecule has 0 saturated carbocycles. The molecule has 1 fully saturated rings. The number of rotatable bonds is 5. The van der Waals surface area contributed by atoms with Crippen LogP contribution in [0.1, 0.15) is 18.5 Å². The summed E-state index contributed by atoms with van der Waals surface area (Å²) in [5.41, 5.74) is 0.401. The molecule has 1 saturated heterocycles. The summed E-state index contributed by atoms with van der Waals surface area (Å²) >= 11 is 0. The topological polar surface area (TPSA) is 83.8 Å². The Labute approximate surface area is 157 Å². The molecule has 0 aliphatic carbocycles. The largest absolute Gasteiger partial charge is 0.294 e. The van der Waals surface area contributed by atoms with Crippen LogP contribution < -0.4 is 0 Å². The molecule has 0 spiro atoms. The Morgan fingerprint density at radius 1 is 1.07 bits per heavy atom. The third kappa shape index (κ3) is 4.00. The molecule has 0 aromatic heterocycles. The number of sulfonamides is 1. The number of hydrogen-bond acceptors (Lipinski definition) is 5. The summed E-state index contributed by atoms with van der Waals surface area (Å²) < 4.78 is 40.4. The first kappa shape index (κ1) is 19.4. The van der Waals surface area contributed by atoms with E-state index in [0.717, 1.165) is 5.56 Å². The average Bonchev–Trinajstić information content (AvgIpc) is 2.67. The third-order valence-corrected chi connectivity index (χ3v) is 6.78. The van der Waals surface area contributed by atoms with Crippen molar-refractivity contribution in [2.24, 2.45) is 0 Å². The lowest BCUT2D eigenvalue weighted by Crippen LogP contribution is -2.49. The minimum Gasteiger partial charge on any atom is -0.294 e. The van der Waals surface area contributed by atoms with E-state index in [1.165, 1.54) is 40.7 Å². The molecular weight excluding hydrogens is 373 g/mol. The normalized spacial score (nSPS) is 17.6. The first-order chi connectivity index (χ1) is 12.8. The summed E-state index contributed by atoms with van der Waals surface area (Å²) in [4.78, 5) is 12.3. The second kappa shape index (κ2) is 7.71. The van der Waals surface area contributed by atoms with E-state index in [9.17, 15) is 22.9 Å². The fraction of sp³-hybridized carbons (Fsp3) is 0.333. The predicted octanol–water partition coefficient (Wildman–Crippen LogP) is 2.80. The smallest absolute Gasteiger partial charge is 0.289 e. The maximum Gasteiger partial charge on any atom is 0.289 e. The predicted molar refractivity (Wildman–Crippen MR) is 98.2 cm³/mol. The molecule has 2 aromatic carbocycles. The van der Waals surface area contributed by atoms with Crippen molar-refractivity contribution >= 4 is 15.7 Å². The van der Waals surface area contributed by atoms with Crippen LogP contribution in [-0.4, -0.2) is 48.7 Å². The number of piperazine rings is 1. The molecule has 3 rings (SSSR count). The standard InChI is InChI=1S/C18H20FN3O4S/c1-14(15-5-4-6-16(19)13-15)20-9-11-21(12-10-20)27(25,26)18-8-3-2-7-17(18)22(23)24/h2-8,13-14H,9-12H2,1H3. The van der Waals surface area contributed by atoms with Gasteiger partial charge in [-0.2, -0.15) is 4.31 Å². The van der Waals surface area contributed by atoms with Crippen LogP contribution in [0.2, 0.25) is 0 Å². The zero-order chi connectivity index (χ0) is 19.6. The molecule has 27 heavy (non-hydrogen) atoms. The molecule has 7 nitrogen and oxygen atoms in total. The van der Waals surface area contributed by atoms with Crippen molar-refractivity contribution in [1.29, 1.82) is 0 Å². The first-order valence-corrected chi connectivity index (χ1v) is 9.98. The zero-order valence-corrected chi connectivity index (χ0v) is 15.6. The van der Waals surface area contributed by atoms with Gasteiger partial charge >= 0.3 is 0 Å². The second-order valence-electron chi connectivity index (χ2n) is 6.40. The van der Waals surface area contributed by atoms with Crippen LogP contribution in [0.3, 0.4) is 0 Å². The van der Waals surface area contributed by atoms with E-state index in [0.29, 0.717) is 13.1 Å². The van der Waals surface area contributed by atoms with Crippen molar-refractivity contribution < 1.29 is 17.7 Å². The van der Waals surface area contributed by atoms with Gasteiger partial charge in [0, 0.05) is 38.3 Å². The molecule has 0 amide bonds. The maximum atomic E-state index is 13.4. The molecule has 1 aliphatic rings. The molecule has 1 atom stereocenters. The summed E-state index contributed by atoms with van der Waals surface area (Å²) in [7, 11) is -3.95. The number of nitro groups is 1. The molecule has 0 bridgehead atoms. The highest BCUT2D eigenvalue weighted by atomic mass is 32.2. The number of nitro benzene ring substituents is 1. The number of halogens is 1. The molecular formula is C18H20FN3O4S. The van der Waals surface area contributed by atoms with Gasteiger partial charge in [-0.25, -0.2) is 12.8 Å². The minimum absolute atomic E-state index is 0.0587. The van der Waals surface area contributed by atoms with Gasteiger partial charge in [0.15, 0.2) is 4.90 Å². The van der Waals surface area contributed by atoms with Crippen molar-refractivity contribution in [3.63, 3.8) is 0 Å². The van der Waals surface area contributed by atoms with Gasteiger partial charge in [0.1, 0.15) is 5.82 Å². The fourth-order valence-corrected chi connectivity index (χ4v) is 4.85. The van der Waals surface area contributed by atoms with Gasteiger partial charge < -0.3 is 0 Å². The molecule has 144 valence electrons. The zero-order valence-electron chi connectivity index (χ0n) is 14.8. The SMILES string of the molecule is CC(c1cccc(F)c1)N1CCN(S(=O)(=O)c2ccccc2[N+](=O)[O-])CC1. The highest BCUT2D eigenvalue weighted by Gasteiger charge is 2.34. The van der Waals surface area contributed by atoms with Gasteiger partial charge in [-0.15, -0.1) is 0 Å². The Kier molecular flexibility index (Phi) is 5.54. The Balaban J connectivity index is 1.74. The van der Waals surface area contributed by atoms with Crippen molar-refractivity contribution in [3.8, 4) is 0 Å². The van der Waals surface area contributed by atoms with Crippen LogP contribution in [0.15, 0.2) is 53.4 Å². The highest BCUT2D eigenvalue weighted by molar-refractivity contribution is 7.89. The van der Waals surface area contributed by atoms with E-state index in [4.69, 9.17) is 0 Å². The molecule has 0 N–H and O–H groups in total. The van der Waals surface area contributed by atoms with Gasteiger partial charge in [0.2, 0.25) is 10.0 Å². The van der Waals surface area contributed by atoms with Crippen molar-refractivity contribution in [2.45, 2.75) is 17.9 Å². The molecule has 1 aliphatic heterocycles. The lowest BCUT2D eigenvalue weighted by molar-refractivity contribution is -0.387. The van der Waals surface area contributed by atoms with Crippen LogP contribution in [0.4, 0.5) is 10.1 Å². The number of para-hydroxylation sites is 1. The highest BCUT2D eigenvalue weighted by Crippen LogP contribution is 2.28. The van der Waals surface area contributed by atoms with Crippen LogP contribution in [-0.2, 0) is 10.0 Å². The Hall–Kier alpha value is -2.36. The fourth-order valence-electron chi connectivity index (χ4n) is 3.27. The van der Waals surface area contributed by atoms with Gasteiger partial charge in [-0.05, 0) is 30.7 Å². The van der Waals surface area contributed by atoms with Gasteiger partial charge in [0.05, 0.1) is 4.92 Å². The van der Waals surface area contributed by atoms with Crippen LogP contribution in [0.25, 0.3) is 0 Å². The lowest BCUT2D eigenvalue weighted by atomic mass is 10.1. The van der Waals surface area contributed by atoms with Crippen LogP contribution >= 0.6 is 0 Å². The first-order valence-electron chi connectivity index (χ1n) is 8.54. The van der Waals surface area contributed by atoms with Crippen molar-refractivity contribution in [3.05, 3.63) is 70.0 Å². The van der Waals surface area contributed by atoms with Gasteiger partial charge in [-0.3, -0.25) is 15.0 Å². The molecule has 1 unspecified atom stereocenters. The Morgan fingerprint density at radius 3 is 2.37 bits per heavy atom. The molecule has 0 radical (unpaired) electrons. The van der Waals surface area contributed by atoms with E-state index in [-0.39, 0.29) is 29.8 Å². The van der Waals surface area contributed by atoms with Crippen molar-refractivity contribution in [1.82, 2.24) is 9.21 Å². The van der Waals surface area contributed by atoms with E-state index in [1.54, 1.807) is 6.07 Å². The van der Waals surface area contributed by atoms with Gasteiger partial charge in [0.25, 0.3) is 5.69 Å². The summed E-state index contributed by atoms with van der Waals surface area (Å²) in [5.74, 6) is -0.308. The summed E-state index contributed by atoms with van der Waals surface area (Å²) in [6.07, 6.45) is 0. The second-order valence-corrected chi connectivity index (χ2v) is 8.30. The van der Waals surface area contributed by atoms with Crippen molar-refractivity contribution in [2.75, 3.05) is 26.2 Å². The summed E-state index contributed by atoms with van der Waals surface area (Å²) in [6, 6.07) is 11.6. The number of nitrogens with zero attached hydrogens (tertiary/aromatic N) is 3. The molecule has 1 heterocycles. The van der Waals surface area contributed by atoms with Gasteiger partial charge in [-0.1, -0.05) is 24.3 Å². The summed E-state index contributed by atoms with van der Waals surface area (Å²) in [6.45, 7) is 3.29. The quantitative estimate of drug-likeness (QED) is 0.576. The van der Waals surface area contributed by atoms with E-state index < -0.39 is 20.6 Å². The van der Waals surface area contributed by atoms with E-state index in [1.807, 2.05) is 13.0 Å². The maximum absolute atomic E-state index is 13.4. The average molecular weight is 393 g/mol. The van der Waals surface area contributed by atoms with E-state index >= 15 is 0 Å². The monoisotopic (exact) mass is 393 g/mol. The van der Waals surface area contributed by atoms with Crippen LogP contribution in [0.5, 0.6) is 0 Å². The lowest BCUT2D eigenvalue weighted by Gasteiger charge is -2.37. The Morgan fingerprint density at radius 2 is 1.74 bits per heavy atom.